The number of rotatable bonds is 6. The first-order valence-electron chi connectivity index (χ1n) is 9.47. The molecule has 1 fully saturated rings. The van der Waals surface area contributed by atoms with E-state index in [0.717, 1.165) is 37.5 Å². The largest absolute Gasteiger partial charge is 0.496 e. The van der Waals surface area contributed by atoms with Gasteiger partial charge in [-0.1, -0.05) is 36.4 Å². The van der Waals surface area contributed by atoms with Crippen molar-refractivity contribution >= 4 is 11.6 Å². The Hall–Kier alpha value is -2.53. The van der Waals surface area contributed by atoms with Gasteiger partial charge in [-0.2, -0.15) is 0 Å². The Labute approximate surface area is 162 Å². The minimum absolute atomic E-state index is 0.144. The molecule has 0 N–H and O–H groups in total. The lowest BCUT2D eigenvalue weighted by Crippen LogP contribution is -2.49. The molecule has 1 amide bonds. The van der Waals surface area contributed by atoms with E-state index < -0.39 is 0 Å². The molecule has 1 heterocycles. The smallest absolute Gasteiger partial charge is 0.236 e. The summed E-state index contributed by atoms with van der Waals surface area (Å²) in [6, 6.07) is 16.3. The summed E-state index contributed by atoms with van der Waals surface area (Å²) in [6.07, 6.45) is 0. The summed E-state index contributed by atoms with van der Waals surface area (Å²) in [4.78, 5) is 19.1. The number of anilines is 1. The molecular weight excluding hydrogens is 338 g/mol. The molecule has 0 aliphatic carbocycles. The number of ether oxygens (including phenoxy) is 1. The summed E-state index contributed by atoms with van der Waals surface area (Å²) in [7, 11) is 3.52. The third kappa shape index (κ3) is 4.80. The minimum Gasteiger partial charge on any atom is -0.496 e. The van der Waals surface area contributed by atoms with Crippen LogP contribution in [0.1, 0.15) is 11.1 Å². The maximum absolute atomic E-state index is 12.7. The number of hydrogen-bond donors (Lipinski definition) is 0. The van der Waals surface area contributed by atoms with Gasteiger partial charge in [-0.25, -0.2) is 0 Å². The van der Waals surface area contributed by atoms with Crippen LogP contribution in [0.3, 0.4) is 0 Å². The van der Waals surface area contributed by atoms with Crippen molar-refractivity contribution in [2.24, 2.45) is 0 Å². The van der Waals surface area contributed by atoms with Crippen molar-refractivity contribution in [3.63, 3.8) is 0 Å². The Morgan fingerprint density at radius 1 is 1.04 bits per heavy atom. The number of carbonyl (C=O) groups is 1. The second-order valence-electron chi connectivity index (χ2n) is 7.11. The number of amides is 1. The molecule has 2 aromatic carbocycles. The van der Waals surface area contributed by atoms with E-state index in [2.05, 4.69) is 41.0 Å². The van der Waals surface area contributed by atoms with E-state index in [4.69, 9.17) is 4.74 Å². The number of benzene rings is 2. The molecule has 3 rings (SSSR count). The van der Waals surface area contributed by atoms with Gasteiger partial charge in [0.15, 0.2) is 0 Å². The van der Waals surface area contributed by atoms with Gasteiger partial charge in [-0.05, 0) is 24.6 Å². The fraction of sp³-hybridized carbons (Fsp3) is 0.409. The standard InChI is InChI=1S/C22H29N3O2/c1-18-8-4-6-10-20(18)25-14-12-24(13-15-25)17-22(26)23(2)16-19-9-5-7-11-21(19)27-3/h4-11H,12-17H2,1-3H3. The van der Waals surface area contributed by atoms with Crippen LogP contribution in [0, 0.1) is 6.92 Å². The molecule has 5 nitrogen and oxygen atoms in total. The zero-order chi connectivity index (χ0) is 19.2. The van der Waals surface area contributed by atoms with Crippen molar-refractivity contribution < 1.29 is 9.53 Å². The van der Waals surface area contributed by atoms with Gasteiger partial charge in [-0.3, -0.25) is 9.69 Å². The number of methoxy groups -OCH3 is 1. The van der Waals surface area contributed by atoms with E-state index in [0.29, 0.717) is 13.1 Å². The third-order valence-electron chi connectivity index (χ3n) is 5.21. The summed E-state index contributed by atoms with van der Waals surface area (Å²) in [5.74, 6) is 0.967. The van der Waals surface area contributed by atoms with Crippen molar-refractivity contribution in [2.75, 3.05) is 51.8 Å². The zero-order valence-electron chi connectivity index (χ0n) is 16.5. The van der Waals surface area contributed by atoms with Crippen LogP contribution in [-0.2, 0) is 11.3 Å². The van der Waals surface area contributed by atoms with Gasteiger partial charge in [0.2, 0.25) is 5.91 Å². The molecule has 2 aromatic rings. The maximum Gasteiger partial charge on any atom is 0.236 e. The molecule has 0 atom stereocenters. The highest BCUT2D eigenvalue weighted by Crippen LogP contribution is 2.21. The van der Waals surface area contributed by atoms with Gasteiger partial charge in [0, 0.05) is 51.0 Å². The molecule has 0 aromatic heterocycles. The van der Waals surface area contributed by atoms with Crippen molar-refractivity contribution in [2.45, 2.75) is 13.5 Å². The van der Waals surface area contributed by atoms with E-state index in [1.165, 1.54) is 11.3 Å². The predicted molar refractivity (Wildman–Crippen MR) is 109 cm³/mol. The summed E-state index contributed by atoms with van der Waals surface area (Å²) in [5.41, 5.74) is 3.63. The van der Waals surface area contributed by atoms with Gasteiger partial charge in [-0.15, -0.1) is 0 Å². The van der Waals surface area contributed by atoms with Crippen LogP contribution in [0.25, 0.3) is 0 Å². The topological polar surface area (TPSA) is 36.0 Å². The molecule has 1 aliphatic rings. The predicted octanol–water partition coefficient (Wildman–Crippen LogP) is 2.78. The number of hydrogen-bond acceptors (Lipinski definition) is 4. The second-order valence-corrected chi connectivity index (χ2v) is 7.11. The minimum atomic E-state index is 0.144. The Balaban J connectivity index is 1.51. The second kappa shape index (κ2) is 8.91. The van der Waals surface area contributed by atoms with E-state index in [-0.39, 0.29) is 5.91 Å². The Morgan fingerprint density at radius 2 is 1.70 bits per heavy atom. The van der Waals surface area contributed by atoms with Crippen LogP contribution in [-0.4, -0.2) is 62.6 Å². The van der Waals surface area contributed by atoms with Crippen molar-refractivity contribution in [1.29, 1.82) is 0 Å². The van der Waals surface area contributed by atoms with Gasteiger partial charge in [0.05, 0.1) is 13.7 Å². The third-order valence-corrected chi connectivity index (χ3v) is 5.21. The lowest BCUT2D eigenvalue weighted by Gasteiger charge is -2.37. The van der Waals surface area contributed by atoms with E-state index in [9.17, 15) is 4.79 Å². The fourth-order valence-corrected chi connectivity index (χ4v) is 3.55. The Kier molecular flexibility index (Phi) is 6.35. The van der Waals surface area contributed by atoms with Crippen LogP contribution in [0.4, 0.5) is 5.69 Å². The van der Waals surface area contributed by atoms with Crippen molar-refractivity contribution in [3.05, 3.63) is 59.7 Å². The monoisotopic (exact) mass is 367 g/mol. The molecule has 0 spiro atoms. The summed E-state index contributed by atoms with van der Waals surface area (Å²) < 4.78 is 5.39. The molecule has 0 radical (unpaired) electrons. The quantitative estimate of drug-likeness (QED) is 0.787. The van der Waals surface area contributed by atoms with Crippen LogP contribution in [0.15, 0.2) is 48.5 Å². The SMILES string of the molecule is COc1ccccc1CN(C)C(=O)CN1CCN(c2ccccc2C)CC1. The van der Waals surface area contributed by atoms with Crippen molar-refractivity contribution in [3.8, 4) is 5.75 Å². The lowest BCUT2D eigenvalue weighted by molar-refractivity contribution is -0.131. The number of aryl methyl sites for hydroxylation is 1. The first-order valence-corrected chi connectivity index (χ1v) is 9.47. The van der Waals surface area contributed by atoms with Gasteiger partial charge in [0.1, 0.15) is 5.75 Å². The van der Waals surface area contributed by atoms with Gasteiger partial charge in [0.25, 0.3) is 0 Å². The summed E-state index contributed by atoms with van der Waals surface area (Å²) in [5, 5.41) is 0. The van der Waals surface area contributed by atoms with E-state index in [1.54, 1.807) is 12.0 Å². The number of likely N-dealkylation sites (N-methyl/N-ethyl adjacent to an activating group) is 1. The van der Waals surface area contributed by atoms with Crippen LogP contribution >= 0.6 is 0 Å². The molecule has 5 heteroatoms. The molecule has 1 saturated heterocycles. The molecule has 144 valence electrons. The summed E-state index contributed by atoms with van der Waals surface area (Å²) >= 11 is 0. The van der Waals surface area contributed by atoms with Crippen LogP contribution < -0.4 is 9.64 Å². The number of nitrogens with zero attached hydrogens (tertiary/aromatic N) is 3. The highest BCUT2D eigenvalue weighted by Gasteiger charge is 2.21. The fourth-order valence-electron chi connectivity index (χ4n) is 3.55. The molecule has 0 bridgehead atoms. The normalized spacial score (nSPS) is 14.9. The van der Waals surface area contributed by atoms with Crippen molar-refractivity contribution in [1.82, 2.24) is 9.80 Å². The van der Waals surface area contributed by atoms with E-state index >= 15 is 0 Å². The highest BCUT2D eigenvalue weighted by atomic mass is 16.5. The average molecular weight is 367 g/mol. The summed E-state index contributed by atoms with van der Waals surface area (Å²) in [6.45, 7) is 6.89. The number of carbonyl (C=O) groups excluding carboxylic acids is 1. The van der Waals surface area contributed by atoms with Gasteiger partial charge >= 0.3 is 0 Å². The number of piperazine rings is 1. The molecule has 27 heavy (non-hydrogen) atoms. The Morgan fingerprint density at radius 3 is 2.41 bits per heavy atom. The lowest BCUT2D eigenvalue weighted by atomic mass is 10.1. The maximum atomic E-state index is 12.7. The van der Waals surface area contributed by atoms with Gasteiger partial charge < -0.3 is 14.5 Å². The molecule has 0 unspecified atom stereocenters. The van der Waals surface area contributed by atoms with E-state index in [1.807, 2.05) is 31.3 Å². The van der Waals surface area contributed by atoms with Crippen LogP contribution in [0.2, 0.25) is 0 Å². The highest BCUT2D eigenvalue weighted by molar-refractivity contribution is 5.78. The Bertz CT molecular complexity index is 770. The first-order chi connectivity index (χ1) is 13.1. The molecule has 1 aliphatic heterocycles. The molecule has 0 saturated carbocycles. The molecular formula is C22H29N3O2. The first kappa shape index (κ1) is 19.2. The zero-order valence-corrected chi connectivity index (χ0v) is 16.5. The van der Waals surface area contributed by atoms with Crippen LogP contribution in [0.5, 0.6) is 5.75 Å². The average Bonchev–Trinajstić information content (AvgIpc) is 2.69. The number of para-hydroxylation sites is 2.